The van der Waals surface area contributed by atoms with Crippen LogP contribution >= 0.6 is 0 Å². The molecule has 0 saturated heterocycles. The van der Waals surface area contributed by atoms with Crippen LogP contribution in [0.15, 0.2) is 24.3 Å². The van der Waals surface area contributed by atoms with Crippen molar-refractivity contribution in [2.45, 2.75) is 379 Å². The third kappa shape index (κ3) is 59.4. The molecule has 1 amide bonds. The molecule has 0 aliphatic heterocycles. The van der Waals surface area contributed by atoms with Crippen molar-refractivity contribution in [2.24, 2.45) is 0 Å². The Balaban J connectivity index is 3.46. The second kappa shape index (κ2) is 62.9. The average Bonchev–Trinajstić information content (AvgIpc) is 3.39. The Labute approximate surface area is 456 Å². The van der Waals surface area contributed by atoms with Gasteiger partial charge in [0, 0.05) is 12.8 Å². The Morgan fingerprint density at radius 2 is 0.644 bits per heavy atom. The van der Waals surface area contributed by atoms with Crippen molar-refractivity contribution in [3.8, 4) is 0 Å². The predicted octanol–water partition coefficient (Wildman–Crippen LogP) is 21.0. The predicted molar refractivity (Wildman–Crippen MR) is 320 cm³/mol. The Kier molecular flexibility index (Phi) is 61.4. The molecule has 0 aromatic heterocycles. The van der Waals surface area contributed by atoms with Crippen LogP contribution in [-0.2, 0) is 14.3 Å². The first kappa shape index (κ1) is 71.3. The maximum Gasteiger partial charge on any atom is 0.305 e. The number of ether oxygens (including phenoxy) is 1. The summed E-state index contributed by atoms with van der Waals surface area (Å²) in [5.74, 6) is -0.0742. The Morgan fingerprint density at radius 3 is 0.973 bits per heavy atom. The van der Waals surface area contributed by atoms with Gasteiger partial charge in [-0.15, -0.1) is 0 Å². The number of hydrogen-bond donors (Lipinski definition) is 3. The molecule has 0 saturated carbocycles. The van der Waals surface area contributed by atoms with Crippen LogP contribution in [0.25, 0.3) is 0 Å². The summed E-state index contributed by atoms with van der Waals surface area (Å²) in [4.78, 5) is 24.6. The second-order valence-electron chi connectivity index (χ2n) is 22.8. The van der Waals surface area contributed by atoms with Gasteiger partial charge >= 0.3 is 5.97 Å². The van der Waals surface area contributed by atoms with Gasteiger partial charge < -0.3 is 20.3 Å². The van der Waals surface area contributed by atoms with E-state index in [1.807, 2.05) is 6.08 Å². The van der Waals surface area contributed by atoms with Crippen LogP contribution in [0.3, 0.4) is 0 Å². The maximum atomic E-state index is 12.5. The highest BCUT2D eigenvalue weighted by Gasteiger charge is 2.18. The van der Waals surface area contributed by atoms with Crippen LogP contribution in [-0.4, -0.2) is 47.4 Å². The highest BCUT2D eigenvalue weighted by Crippen LogP contribution is 2.18. The minimum absolute atomic E-state index is 0.00201. The molecular weight excluding hydrogens is 899 g/mol. The highest BCUT2D eigenvalue weighted by atomic mass is 16.5. The molecule has 0 aromatic carbocycles. The lowest BCUT2D eigenvalue weighted by Crippen LogP contribution is -2.45. The quantitative estimate of drug-likeness (QED) is 0.0320. The fraction of sp³-hybridized carbons (Fsp3) is 0.910. The normalized spacial score (nSPS) is 12.7. The number of allylic oxidation sites excluding steroid dienone is 3. The molecule has 73 heavy (non-hydrogen) atoms. The largest absolute Gasteiger partial charge is 0.466 e. The zero-order valence-electron chi connectivity index (χ0n) is 49.4. The van der Waals surface area contributed by atoms with E-state index in [-0.39, 0.29) is 18.5 Å². The average molecular weight is 1030 g/mol. The summed E-state index contributed by atoms with van der Waals surface area (Å²) < 4.78 is 5.49. The summed E-state index contributed by atoms with van der Waals surface area (Å²) >= 11 is 0. The van der Waals surface area contributed by atoms with E-state index in [4.69, 9.17) is 4.74 Å². The van der Waals surface area contributed by atoms with Gasteiger partial charge in [0.25, 0.3) is 0 Å². The molecule has 0 aliphatic carbocycles. The number of amides is 1. The van der Waals surface area contributed by atoms with Crippen molar-refractivity contribution in [1.29, 1.82) is 0 Å². The van der Waals surface area contributed by atoms with Crippen molar-refractivity contribution in [3.05, 3.63) is 24.3 Å². The topological polar surface area (TPSA) is 95.9 Å². The van der Waals surface area contributed by atoms with Gasteiger partial charge in [-0.2, -0.15) is 0 Å². The number of rotatable bonds is 62. The van der Waals surface area contributed by atoms with Gasteiger partial charge in [-0.1, -0.05) is 321 Å². The summed E-state index contributed by atoms with van der Waals surface area (Å²) in [6, 6.07) is -0.638. The van der Waals surface area contributed by atoms with E-state index >= 15 is 0 Å². The summed E-state index contributed by atoms with van der Waals surface area (Å²) in [7, 11) is 0. The van der Waals surface area contributed by atoms with Crippen LogP contribution in [0, 0.1) is 0 Å². The second-order valence-corrected chi connectivity index (χ2v) is 22.8. The van der Waals surface area contributed by atoms with Gasteiger partial charge in [-0.3, -0.25) is 9.59 Å². The lowest BCUT2D eigenvalue weighted by atomic mass is 10.0. The van der Waals surface area contributed by atoms with E-state index in [0.29, 0.717) is 19.4 Å². The van der Waals surface area contributed by atoms with Crippen molar-refractivity contribution in [1.82, 2.24) is 5.32 Å². The van der Waals surface area contributed by atoms with Crippen LogP contribution in [0.1, 0.15) is 367 Å². The lowest BCUT2D eigenvalue weighted by molar-refractivity contribution is -0.143. The fourth-order valence-electron chi connectivity index (χ4n) is 10.4. The monoisotopic (exact) mass is 1030 g/mol. The molecule has 0 rings (SSSR count). The van der Waals surface area contributed by atoms with E-state index in [0.717, 1.165) is 57.8 Å². The molecule has 0 aliphatic rings. The molecule has 2 unspecified atom stereocenters. The Bertz CT molecular complexity index is 1140. The minimum Gasteiger partial charge on any atom is -0.466 e. The Hall–Kier alpha value is -1.66. The first-order valence-corrected chi connectivity index (χ1v) is 33.1. The molecule has 6 nitrogen and oxygen atoms in total. The number of carbonyl (C=O) groups is 2. The number of esters is 1. The fourth-order valence-corrected chi connectivity index (χ4v) is 10.4. The van der Waals surface area contributed by atoms with E-state index in [1.165, 1.54) is 283 Å². The van der Waals surface area contributed by atoms with Crippen LogP contribution in [0.4, 0.5) is 0 Å². The van der Waals surface area contributed by atoms with Crippen LogP contribution < -0.4 is 5.32 Å². The number of nitrogens with one attached hydrogen (secondary N) is 1. The van der Waals surface area contributed by atoms with Crippen molar-refractivity contribution in [2.75, 3.05) is 13.2 Å². The molecule has 0 spiro atoms. The SMILES string of the molecule is CCCCCCCCCCCCCCCCCCCCCC/C=C/C(O)C(CO)NC(=O)CCCCCCCCC/C=C\CCCCCCCCOC(=O)CCCCCCCCCCCCCCCCCCC. The first-order chi connectivity index (χ1) is 36.0. The molecule has 0 aromatic rings. The van der Waals surface area contributed by atoms with Crippen LogP contribution in [0.5, 0.6) is 0 Å². The smallest absolute Gasteiger partial charge is 0.305 e. The lowest BCUT2D eigenvalue weighted by Gasteiger charge is -2.20. The first-order valence-electron chi connectivity index (χ1n) is 33.1. The zero-order valence-corrected chi connectivity index (χ0v) is 49.4. The molecule has 6 heteroatoms. The number of carbonyl (C=O) groups excluding carboxylic acids is 2. The van der Waals surface area contributed by atoms with Crippen molar-refractivity contribution in [3.63, 3.8) is 0 Å². The zero-order chi connectivity index (χ0) is 52.9. The number of unbranched alkanes of at least 4 members (excludes halogenated alkanes) is 49. The van der Waals surface area contributed by atoms with Crippen molar-refractivity contribution >= 4 is 11.9 Å². The van der Waals surface area contributed by atoms with Gasteiger partial charge in [0.15, 0.2) is 0 Å². The third-order valence-electron chi connectivity index (χ3n) is 15.5. The molecular formula is C67H129NO5. The molecule has 3 N–H and O–H groups in total. The van der Waals surface area contributed by atoms with Gasteiger partial charge in [0.2, 0.25) is 5.91 Å². The summed E-state index contributed by atoms with van der Waals surface area (Å²) in [6.07, 6.45) is 78.0. The maximum absolute atomic E-state index is 12.5. The van der Waals surface area contributed by atoms with Gasteiger partial charge in [0.05, 0.1) is 25.4 Å². The third-order valence-corrected chi connectivity index (χ3v) is 15.5. The van der Waals surface area contributed by atoms with Gasteiger partial charge in [-0.25, -0.2) is 0 Å². The number of aliphatic hydroxyl groups excluding tert-OH is 2. The minimum atomic E-state index is -0.853. The van der Waals surface area contributed by atoms with Crippen LogP contribution in [0.2, 0.25) is 0 Å². The van der Waals surface area contributed by atoms with Gasteiger partial charge in [0.1, 0.15) is 0 Å². The van der Waals surface area contributed by atoms with E-state index in [9.17, 15) is 19.8 Å². The molecule has 0 heterocycles. The molecule has 0 fully saturated rings. The summed E-state index contributed by atoms with van der Waals surface area (Å²) in [5, 5.41) is 23.2. The molecule has 0 radical (unpaired) electrons. The molecule has 432 valence electrons. The van der Waals surface area contributed by atoms with E-state index in [1.54, 1.807) is 6.08 Å². The van der Waals surface area contributed by atoms with Gasteiger partial charge in [-0.05, 0) is 57.8 Å². The van der Waals surface area contributed by atoms with E-state index < -0.39 is 12.1 Å². The Morgan fingerprint density at radius 1 is 0.370 bits per heavy atom. The summed E-state index contributed by atoms with van der Waals surface area (Å²) in [5.41, 5.74) is 0. The van der Waals surface area contributed by atoms with Crippen molar-refractivity contribution < 1.29 is 24.5 Å². The number of aliphatic hydroxyl groups is 2. The summed E-state index contributed by atoms with van der Waals surface area (Å²) in [6.45, 7) is 4.92. The molecule has 2 atom stereocenters. The highest BCUT2D eigenvalue weighted by molar-refractivity contribution is 5.76. The van der Waals surface area contributed by atoms with E-state index in [2.05, 4.69) is 31.3 Å². The standard InChI is InChI=1S/C67H129NO5/c1-3-5-7-9-11-13-15-17-19-21-22-23-24-25-28-31-35-39-43-47-51-55-59-65(70)64(63-69)68-66(71)60-56-52-48-44-40-36-32-29-26-30-34-38-42-46-50-54-58-62-73-67(72)61-57-53-49-45-41-37-33-27-20-18-16-14-12-10-8-6-4-2/h26,30,55,59,64-65,69-70H,3-25,27-29,31-54,56-58,60-63H2,1-2H3,(H,68,71)/b30-26-,59-55+. The number of hydrogen-bond acceptors (Lipinski definition) is 5. The molecule has 0 bridgehead atoms.